The number of H-pyrrole nitrogens is 1. The Kier molecular flexibility index (Phi) is 7.84. The molecular formula is C20H26F3N5O2S. The summed E-state index contributed by atoms with van der Waals surface area (Å²) in [5.74, 6) is 0.583. The predicted molar refractivity (Wildman–Crippen MR) is 112 cm³/mol. The quantitative estimate of drug-likeness (QED) is 0.488. The van der Waals surface area contributed by atoms with Crippen LogP contribution in [-0.2, 0) is 16.1 Å². The van der Waals surface area contributed by atoms with E-state index in [-0.39, 0.29) is 19.1 Å². The largest absolute Gasteiger partial charge is 0.411 e. The molecule has 0 spiro atoms. The Bertz CT molecular complexity index is 935. The summed E-state index contributed by atoms with van der Waals surface area (Å²) in [6.07, 6.45) is -3.77. The van der Waals surface area contributed by atoms with Crippen molar-refractivity contribution in [1.82, 2.24) is 24.6 Å². The van der Waals surface area contributed by atoms with Crippen LogP contribution in [0.15, 0.2) is 24.3 Å². The number of carbonyl (C=O) groups is 1. The van der Waals surface area contributed by atoms with E-state index in [4.69, 9.17) is 12.2 Å². The van der Waals surface area contributed by atoms with Gasteiger partial charge >= 0.3 is 6.18 Å². The van der Waals surface area contributed by atoms with E-state index in [1.54, 1.807) is 9.47 Å². The zero-order valence-electron chi connectivity index (χ0n) is 17.3. The number of nitrogens with one attached hydrogen (secondary N) is 1. The summed E-state index contributed by atoms with van der Waals surface area (Å²) in [4.78, 5) is 16.8. The van der Waals surface area contributed by atoms with Crippen molar-refractivity contribution >= 4 is 18.1 Å². The van der Waals surface area contributed by atoms with Crippen LogP contribution < -0.4 is 0 Å². The molecule has 0 saturated carbocycles. The van der Waals surface area contributed by atoms with Gasteiger partial charge in [-0.2, -0.15) is 18.3 Å². The lowest BCUT2D eigenvalue weighted by molar-refractivity contribution is -0.174. The Hall–Kier alpha value is -2.24. The third-order valence-corrected chi connectivity index (χ3v) is 5.39. The molecule has 0 radical (unpaired) electrons. The molecule has 2 heterocycles. The van der Waals surface area contributed by atoms with Crippen molar-refractivity contribution in [3.05, 3.63) is 34.6 Å². The van der Waals surface area contributed by atoms with E-state index >= 15 is 0 Å². The second kappa shape index (κ2) is 10.4. The molecule has 1 amide bonds. The number of aryl methyl sites for hydroxylation is 1. The summed E-state index contributed by atoms with van der Waals surface area (Å²) in [5, 5.41) is 7.05. The Balaban J connectivity index is 1.48. The second-order valence-corrected chi connectivity index (χ2v) is 7.94. The number of piperazine rings is 1. The molecular weight excluding hydrogens is 431 g/mol. The molecule has 31 heavy (non-hydrogen) atoms. The number of halogens is 3. The van der Waals surface area contributed by atoms with E-state index in [1.165, 1.54) is 0 Å². The molecule has 11 heteroatoms. The zero-order chi connectivity index (χ0) is 22.4. The number of benzene rings is 1. The molecule has 1 aromatic carbocycles. The standard InChI is InChI=1S/C20H26F3N5O2S/c1-15-4-2-5-16(12-15)18-24-25-19(31)28(18)13-17(29)27-9-7-26(8-10-27)6-3-11-30-14-20(21,22)23/h2,4-5,12H,3,6-11,13-14H2,1H3,(H,25,31). The summed E-state index contributed by atoms with van der Waals surface area (Å²) in [7, 11) is 0. The summed E-state index contributed by atoms with van der Waals surface area (Å²) in [6.45, 7) is 4.06. The van der Waals surface area contributed by atoms with Gasteiger partial charge < -0.3 is 9.64 Å². The van der Waals surface area contributed by atoms with Gasteiger partial charge in [0.25, 0.3) is 0 Å². The minimum Gasteiger partial charge on any atom is -0.372 e. The van der Waals surface area contributed by atoms with Crippen molar-refractivity contribution in [3.8, 4) is 11.4 Å². The van der Waals surface area contributed by atoms with Crippen molar-refractivity contribution in [2.75, 3.05) is 45.9 Å². The van der Waals surface area contributed by atoms with Gasteiger partial charge in [0.05, 0.1) is 0 Å². The minimum atomic E-state index is -4.29. The van der Waals surface area contributed by atoms with Crippen molar-refractivity contribution < 1.29 is 22.7 Å². The maximum atomic E-state index is 12.8. The lowest BCUT2D eigenvalue weighted by Crippen LogP contribution is -2.49. The van der Waals surface area contributed by atoms with Gasteiger partial charge in [0.2, 0.25) is 5.91 Å². The first kappa shape index (κ1) is 23.4. The number of amides is 1. The van der Waals surface area contributed by atoms with Crippen molar-refractivity contribution in [3.63, 3.8) is 0 Å². The van der Waals surface area contributed by atoms with E-state index in [2.05, 4.69) is 19.8 Å². The van der Waals surface area contributed by atoms with Gasteiger partial charge in [0, 0.05) is 44.9 Å². The second-order valence-electron chi connectivity index (χ2n) is 7.55. The van der Waals surface area contributed by atoms with Gasteiger partial charge in [0.15, 0.2) is 10.6 Å². The Morgan fingerprint density at radius 3 is 2.68 bits per heavy atom. The van der Waals surface area contributed by atoms with E-state index < -0.39 is 12.8 Å². The zero-order valence-corrected chi connectivity index (χ0v) is 18.1. The number of alkyl halides is 3. The fraction of sp³-hybridized carbons (Fsp3) is 0.550. The van der Waals surface area contributed by atoms with Crippen LogP contribution in [0.1, 0.15) is 12.0 Å². The highest BCUT2D eigenvalue weighted by molar-refractivity contribution is 7.71. The fourth-order valence-corrected chi connectivity index (χ4v) is 3.70. The topological polar surface area (TPSA) is 66.4 Å². The number of nitrogens with zero attached hydrogens (tertiary/aromatic N) is 4. The monoisotopic (exact) mass is 457 g/mol. The van der Waals surface area contributed by atoms with Crippen LogP contribution in [0.2, 0.25) is 0 Å². The van der Waals surface area contributed by atoms with Gasteiger partial charge in [-0.05, 0) is 31.6 Å². The average Bonchev–Trinajstić information content (AvgIpc) is 3.07. The normalized spacial score (nSPS) is 15.4. The van der Waals surface area contributed by atoms with Crippen molar-refractivity contribution in [2.45, 2.75) is 26.1 Å². The summed E-state index contributed by atoms with van der Waals surface area (Å²) in [5.41, 5.74) is 1.97. The molecule has 170 valence electrons. The van der Waals surface area contributed by atoms with Gasteiger partial charge in [-0.15, -0.1) is 0 Å². The Morgan fingerprint density at radius 1 is 1.26 bits per heavy atom. The number of aromatic amines is 1. The molecule has 2 aromatic rings. The van der Waals surface area contributed by atoms with E-state index in [0.717, 1.165) is 11.1 Å². The molecule has 1 fully saturated rings. The lowest BCUT2D eigenvalue weighted by atomic mass is 10.1. The number of carbonyl (C=O) groups excluding carboxylic acids is 1. The molecule has 1 aliphatic rings. The smallest absolute Gasteiger partial charge is 0.372 e. The molecule has 0 unspecified atom stereocenters. The Labute approximate surface area is 183 Å². The number of rotatable bonds is 8. The summed E-state index contributed by atoms with van der Waals surface area (Å²) in [6, 6.07) is 7.84. The molecule has 0 atom stereocenters. The van der Waals surface area contributed by atoms with Crippen LogP contribution in [0.5, 0.6) is 0 Å². The summed E-state index contributed by atoms with van der Waals surface area (Å²) < 4.78 is 42.9. The SMILES string of the molecule is Cc1cccc(-c2n[nH]c(=S)n2CC(=O)N2CCN(CCCOCC(F)(F)F)CC2)c1. The molecule has 1 N–H and O–H groups in total. The number of ether oxygens (including phenoxy) is 1. The third-order valence-electron chi connectivity index (χ3n) is 5.08. The molecule has 3 rings (SSSR count). The van der Waals surface area contributed by atoms with Crippen LogP contribution in [0.3, 0.4) is 0 Å². The third kappa shape index (κ3) is 6.88. The Morgan fingerprint density at radius 2 is 2.00 bits per heavy atom. The molecule has 1 aromatic heterocycles. The number of hydrogen-bond donors (Lipinski definition) is 1. The van der Waals surface area contributed by atoms with Crippen LogP contribution in [-0.4, -0.2) is 82.6 Å². The highest BCUT2D eigenvalue weighted by atomic mass is 32.1. The number of hydrogen-bond acceptors (Lipinski definition) is 5. The van der Waals surface area contributed by atoms with Gasteiger partial charge in [0.1, 0.15) is 13.2 Å². The highest BCUT2D eigenvalue weighted by Gasteiger charge is 2.27. The van der Waals surface area contributed by atoms with Gasteiger partial charge in [-0.25, -0.2) is 0 Å². The van der Waals surface area contributed by atoms with Crippen LogP contribution in [0.25, 0.3) is 11.4 Å². The molecule has 1 saturated heterocycles. The molecule has 0 bridgehead atoms. The van der Waals surface area contributed by atoms with Crippen LogP contribution in [0.4, 0.5) is 13.2 Å². The maximum absolute atomic E-state index is 12.8. The van der Waals surface area contributed by atoms with Crippen molar-refractivity contribution in [1.29, 1.82) is 0 Å². The minimum absolute atomic E-state index is 0.0421. The lowest BCUT2D eigenvalue weighted by Gasteiger charge is -2.34. The van der Waals surface area contributed by atoms with E-state index in [1.807, 2.05) is 31.2 Å². The highest BCUT2D eigenvalue weighted by Crippen LogP contribution is 2.19. The van der Waals surface area contributed by atoms with Crippen LogP contribution >= 0.6 is 12.2 Å². The van der Waals surface area contributed by atoms with Gasteiger partial charge in [-0.3, -0.25) is 19.4 Å². The van der Waals surface area contributed by atoms with E-state index in [9.17, 15) is 18.0 Å². The van der Waals surface area contributed by atoms with Gasteiger partial charge in [-0.1, -0.05) is 23.8 Å². The van der Waals surface area contributed by atoms with Crippen molar-refractivity contribution in [2.24, 2.45) is 0 Å². The molecule has 1 aliphatic heterocycles. The number of aromatic nitrogens is 3. The predicted octanol–water partition coefficient (Wildman–Crippen LogP) is 3.03. The van der Waals surface area contributed by atoms with Crippen LogP contribution in [0, 0.1) is 11.7 Å². The first-order valence-electron chi connectivity index (χ1n) is 10.1. The first-order valence-corrected chi connectivity index (χ1v) is 10.5. The molecule has 7 nitrogen and oxygen atoms in total. The van der Waals surface area contributed by atoms with E-state index in [0.29, 0.717) is 49.7 Å². The fourth-order valence-electron chi connectivity index (χ4n) is 3.50. The first-order chi connectivity index (χ1) is 14.7. The average molecular weight is 458 g/mol. The molecule has 0 aliphatic carbocycles. The maximum Gasteiger partial charge on any atom is 0.411 e. The summed E-state index contributed by atoms with van der Waals surface area (Å²) >= 11 is 5.32.